The lowest BCUT2D eigenvalue weighted by Gasteiger charge is -2.35. The van der Waals surface area contributed by atoms with Gasteiger partial charge >= 0.3 is 0 Å². The number of pyridine rings is 1. The molecule has 0 bridgehead atoms. The smallest absolute Gasteiger partial charge is 0.115 e. The minimum Gasteiger partial charge on any atom is -0.508 e. The van der Waals surface area contributed by atoms with E-state index in [1.54, 1.807) is 12.1 Å². The zero-order valence-electron chi connectivity index (χ0n) is 30.0. The third-order valence-corrected chi connectivity index (χ3v) is 11.1. The van der Waals surface area contributed by atoms with Gasteiger partial charge in [0.2, 0.25) is 0 Å². The SMILES string of the molecule is Oc1ccc(N(c2ccc(C3(c4cccc(-c5ccc(-c6cccnc6)cc5)c4)c4ccccc4-c4ccccc43)cc2)c2cccc3ccccc23)cc1. The molecule has 1 N–H and O–H groups in total. The molecule has 1 aliphatic carbocycles. The molecular weight excluding hydrogens is 669 g/mol. The monoisotopic (exact) mass is 704 g/mol. The van der Waals surface area contributed by atoms with Crippen LogP contribution in [0.25, 0.3) is 44.2 Å². The van der Waals surface area contributed by atoms with Crippen LogP contribution in [0.15, 0.2) is 213 Å². The van der Waals surface area contributed by atoms with Gasteiger partial charge in [-0.2, -0.15) is 0 Å². The maximum absolute atomic E-state index is 10.2. The Morgan fingerprint density at radius 1 is 0.436 bits per heavy atom. The van der Waals surface area contributed by atoms with E-state index in [2.05, 4.69) is 180 Å². The largest absolute Gasteiger partial charge is 0.508 e. The van der Waals surface area contributed by atoms with Gasteiger partial charge in [0.25, 0.3) is 0 Å². The van der Waals surface area contributed by atoms with E-state index in [1.807, 2.05) is 30.6 Å². The van der Waals surface area contributed by atoms with Crippen LogP contribution in [-0.4, -0.2) is 10.1 Å². The van der Waals surface area contributed by atoms with Crippen LogP contribution >= 0.6 is 0 Å². The molecule has 1 heterocycles. The van der Waals surface area contributed by atoms with Crippen LogP contribution in [-0.2, 0) is 5.41 Å². The molecular formula is C52H36N2O. The third-order valence-electron chi connectivity index (χ3n) is 11.1. The standard InChI is InChI=1S/C52H36N2O/c55-45-31-29-44(30-32-45)54(51-20-8-11-38-10-1-2-15-46(38)51)43-27-25-41(26-28-43)52(49-18-5-3-16-47(49)48-17-4-6-19-50(48)52)42-14-7-12-39(34-42)36-21-23-37(24-22-36)40-13-9-33-53-35-40/h1-35,55H. The summed E-state index contributed by atoms with van der Waals surface area (Å²) in [4.78, 5) is 6.60. The number of phenolic OH excluding ortho intramolecular Hbond substituents is 1. The Hall–Kier alpha value is -7.23. The van der Waals surface area contributed by atoms with Gasteiger partial charge in [-0.05, 0) is 116 Å². The van der Waals surface area contributed by atoms with E-state index in [0.29, 0.717) is 0 Å². The molecule has 0 atom stereocenters. The number of aromatic nitrogens is 1. The number of aromatic hydroxyl groups is 1. The summed E-state index contributed by atoms with van der Waals surface area (Å²) in [5.74, 6) is 0.240. The Balaban J connectivity index is 1.15. The van der Waals surface area contributed by atoms with Crippen molar-refractivity contribution in [3.8, 4) is 39.1 Å². The van der Waals surface area contributed by atoms with Gasteiger partial charge < -0.3 is 10.0 Å². The molecule has 0 amide bonds. The van der Waals surface area contributed by atoms with Crippen LogP contribution in [0.4, 0.5) is 17.1 Å². The number of hydrogen-bond donors (Lipinski definition) is 1. The molecule has 3 heteroatoms. The summed E-state index contributed by atoms with van der Waals surface area (Å²) in [5, 5.41) is 12.6. The highest BCUT2D eigenvalue weighted by Crippen LogP contribution is 2.56. The van der Waals surface area contributed by atoms with E-state index in [4.69, 9.17) is 0 Å². The van der Waals surface area contributed by atoms with Gasteiger partial charge in [-0.15, -0.1) is 0 Å². The van der Waals surface area contributed by atoms with Crippen LogP contribution < -0.4 is 4.90 Å². The van der Waals surface area contributed by atoms with E-state index in [9.17, 15) is 5.11 Å². The molecule has 0 aliphatic heterocycles. The lowest BCUT2D eigenvalue weighted by Crippen LogP contribution is -2.28. The molecule has 260 valence electrons. The molecule has 8 aromatic carbocycles. The van der Waals surface area contributed by atoms with Gasteiger partial charge in [-0.25, -0.2) is 0 Å². The van der Waals surface area contributed by atoms with Crippen molar-refractivity contribution in [1.82, 2.24) is 4.98 Å². The highest BCUT2D eigenvalue weighted by Gasteiger charge is 2.46. The Kier molecular flexibility index (Phi) is 7.85. The average Bonchev–Trinajstić information content (AvgIpc) is 3.56. The van der Waals surface area contributed by atoms with Crippen molar-refractivity contribution in [3.63, 3.8) is 0 Å². The van der Waals surface area contributed by atoms with Crippen molar-refractivity contribution >= 4 is 27.8 Å². The molecule has 0 spiro atoms. The second-order valence-electron chi connectivity index (χ2n) is 14.1. The number of phenols is 1. The molecule has 0 radical (unpaired) electrons. The van der Waals surface area contributed by atoms with Gasteiger partial charge in [-0.1, -0.05) is 146 Å². The van der Waals surface area contributed by atoms with Crippen LogP contribution in [0.3, 0.4) is 0 Å². The first-order valence-electron chi connectivity index (χ1n) is 18.7. The highest BCUT2D eigenvalue weighted by atomic mass is 16.3. The summed E-state index contributed by atoms with van der Waals surface area (Å²) in [6.07, 6.45) is 3.72. The Morgan fingerprint density at radius 2 is 1.02 bits per heavy atom. The maximum Gasteiger partial charge on any atom is 0.115 e. The van der Waals surface area contributed by atoms with E-state index in [1.165, 1.54) is 49.9 Å². The predicted octanol–water partition coefficient (Wildman–Crippen LogP) is 13.1. The maximum atomic E-state index is 10.2. The molecule has 0 unspecified atom stereocenters. The summed E-state index contributed by atoms with van der Waals surface area (Å²) >= 11 is 0. The first kappa shape index (κ1) is 32.4. The lowest BCUT2D eigenvalue weighted by molar-refractivity contribution is 0.475. The number of nitrogens with zero attached hydrogens (tertiary/aromatic N) is 2. The van der Waals surface area contributed by atoms with Crippen molar-refractivity contribution in [2.75, 3.05) is 4.90 Å². The van der Waals surface area contributed by atoms with Gasteiger partial charge in [0, 0.05) is 29.2 Å². The fraction of sp³-hybridized carbons (Fsp3) is 0.0192. The van der Waals surface area contributed by atoms with E-state index in [-0.39, 0.29) is 5.75 Å². The topological polar surface area (TPSA) is 36.4 Å². The van der Waals surface area contributed by atoms with Crippen LogP contribution in [0.5, 0.6) is 5.75 Å². The Morgan fingerprint density at radius 3 is 1.71 bits per heavy atom. The molecule has 10 rings (SSSR count). The molecule has 0 saturated heterocycles. The molecule has 55 heavy (non-hydrogen) atoms. The van der Waals surface area contributed by atoms with Gasteiger partial charge in [0.15, 0.2) is 0 Å². The number of anilines is 3. The zero-order chi connectivity index (χ0) is 36.8. The summed E-state index contributed by atoms with van der Waals surface area (Å²) < 4.78 is 0. The van der Waals surface area contributed by atoms with Gasteiger partial charge in [0.1, 0.15) is 5.75 Å². The van der Waals surface area contributed by atoms with Crippen molar-refractivity contribution in [1.29, 1.82) is 0 Å². The van der Waals surface area contributed by atoms with Gasteiger partial charge in [-0.3, -0.25) is 4.98 Å². The number of rotatable bonds is 7. The minimum atomic E-state index is -0.555. The number of benzene rings is 8. The Bertz CT molecular complexity index is 2760. The first-order valence-corrected chi connectivity index (χ1v) is 18.7. The summed E-state index contributed by atoms with van der Waals surface area (Å²) in [5.41, 5.74) is 14.6. The third kappa shape index (κ3) is 5.40. The lowest BCUT2D eigenvalue weighted by atomic mass is 9.67. The molecule has 3 nitrogen and oxygen atoms in total. The molecule has 9 aromatic rings. The minimum absolute atomic E-state index is 0.240. The molecule has 0 saturated carbocycles. The fourth-order valence-electron chi connectivity index (χ4n) is 8.64. The zero-order valence-corrected chi connectivity index (χ0v) is 30.0. The fourth-order valence-corrected chi connectivity index (χ4v) is 8.64. The average molecular weight is 705 g/mol. The number of fused-ring (bicyclic) bond motifs is 4. The van der Waals surface area contributed by atoms with E-state index >= 15 is 0 Å². The van der Waals surface area contributed by atoms with Gasteiger partial charge in [0.05, 0.1) is 11.1 Å². The second kappa shape index (κ2) is 13.3. The second-order valence-corrected chi connectivity index (χ2v) is 14.1. The summed E-state index contributed by atoms with van der Waals surface area (Å²) in [6, 6.07) is 71.2. The van der Waals surface area contributed by atoms with E-state index in [0.717, 1.165) is 33.6 Å². The normalized spacial score (nSPS) is 12.6. The summed E-state index contributed by atoms with van der Waals surface area (Å²) in [7, 11) is 0. The van der Waals surface area contributed by atoms with Crippen molar-refractivity contribution in [2.24, 2.45) is 0 Å². The van der Waals surface area contributed by atoms with Crippen LogP contribution in [0.2, 0.25) is 0 Å². The van der Waals surface area contributed by atoms with Crippen molar-refractivity contribution in [3.05, 3.63) is 235 Å². The quantitative estimate of drug-likeness (QED) is 0.179. The summed E-state index contributed by atoms with van der Waals surface area (Å²) in [6.45, 7) is 0. The molecule has 1 aliphatic rings. The molecule has 0 fully saturated rings. The highest BCUT2D eigenvalue weighted by molar-refractivity contribution is 5.99. The Labute approximate surface area is 321 Å². The molecule has 1 aromatic heterocycles. The van der Waals surface area contributed by atoms with Crippen LogP contribution in [0.1, 0.15) is 22.3 Å². The van der Waals surface area contributed by atoms with E-state index < -0.39 is 5.41 Å². The number of hydrogen-bond acceptors (Lipinski definition) is 3. The predicted molar refractivity (Wildman–Crippen MR) is 226 cm³/mol. The van der Waals surface area contributed by atoms with Crippen LogP contribution in [0, 0.1) is 0 Å². The van der Waals surface area contributed by atoms with Crippen molar-refractivity contribution in [2.45, 2.75) is 5.41 Å². The van der Waals surface area contributed by atoms with Crippen molar-refractivity contribution < 1.29 is 5.11 Å². The first-order chi connectivity index (χ1) is 27.2.